The van der Waals surface area contributed by atoms with Gasteiger partial charge in [0.1, 0.15) is 22.8 Å². The first-order valence-corrected chi connectivity index (χ1v) is 11.6. The van der Waals surface area contributed by atoms with Crippen molar-refractivity contribution in [1.82, 2.24) is 0 Å². The summed E-state index contributed by atoms with van der Waals surface area (Å²) in [5.41, 5.74) is 11.1. The zero-order valence-corrected chi connectivity index (χ0v) is 19.5. The van der Waals surface area contributed by atoms with Gasteiger partial charge in [-0.2, -0.15) is 0 Å². The number of carbonyl (C=O) groups is 3. The maximum atomic E-state index is 13.7. The molecule has 1 saturated carbocycles. The fraction of sp³-hybridized carbons (Fsp3) is 0.296. The second-order valence-electron chi connectivity index (χ2n) is 9.77. The average molecular weight is 491 g/mol. The Hall–Kier alpha value is -3.95. The van der Waals surface area contributed by atoms with Crippen molar-refractivity contribution in [2.45, 2.75) is 38.3 Å². The van der Waals surface area contributed by atoms with Gasteiger partial charge in [0.05, 0.1) is 5.56 Å². The lowest BCUT2D eigenvalue weighted by Crippen LogP contribution is -2.58. The predicted molar refractivity (Wildman–Crippen MR) is 129 cm³/mol. The van der Waals surface area contributed by atoms with E-state index >= 15 is 0 Å². The normalized spacial score (nSPS) is 25.4. The van der Waals surface area contributed by atoms with Crippen LogP contribution in [0.25, 0.3) is 16.9 Å². The lowest BCUT2D eigenvalue weighted by atomic mass is 9.59. The van der Waals surface area contributed by atoms with Crippen molar-refractivity contribution in [1.29, 1.82) is 0 Å². The van der Waals surface area contributed by atoms with Crippen LogP contribution in [0.5, 0.6) is 5.75 Å². The van der Waals surface area contributed by atoms with Crippen LogP contribution in [-0.4, -0.2) is 43.5 Å². The maximum Gasteiger partial charge on any atom is 0.255 e. The molecule has 8 N–H and O–H groups in total. The quantitative estimate of drug-likeness (QED) is 0.352. The molecule has 0 heterocycles. The van der Waals surface area contributed by atoms with Crippen LogP contribution in [0.15, 0.2) is 47.2 Å². The number of aryl methyl sites for hydroxylation is 1. The van der Waals surface area contributed by atoms with Gasteiger partial charge in [-0.3, -0.25) is 14.4 Å². The van der Waals surface area contributed by atoms with Crippen LogP contribution in [0.2, 0.25) is 0 Å². The molecule has 36 heavy (non-hydrogen) atoms. The number of aliphatic hydroxyl groups excluding tert-OH is 2. The van der Waals surface area contributed by atoms with Crippen molar-refractivity contribution < 1.29 is 34.8 Å². The molecular weight excluding hydrogens is 464 g/mol. The average Bonchev–Trinajstić information content (AvgIpc) is 2.81. The first kappa shape index (κ1) is 23.8. The van der Waals surface area contributed by atoms with Gasteiger partial charge in [-0.1, -0.05) is 29.8 Å². The van der Waals surface area contributed by atoms with Gasteiger partial charge in [0.2, 0.25) is 5.78 Å². The summed E-state index contributed by atoms with van der Waals surface area (Å²) in [7, 11) is 0. The van der Waals surface area contributed by atoms with Gasteiger partial charge in [-0.15, -0.1) is 0 Å². The molecule has 0 unspecified atom stereocenters. The molecule has 0 aromatic heterocycles. The van der Waals surface area contributed by atoms with Gasteiger partial charge >= 0.3 is 0 Å². The number of phenols is 1. The highest BCUT2D eigenvalue weighted by Gasteiger charge is 2.60. The Labute approximate surface area is 206 Å². The molecule has 3 atom stereocenters. The molecule has 0 spiro atoms. The van der Waals surface area contributed by atoms with Crippen LogP contribution in [0.1, 0.15) is 35.1 Å². The van der Waals surface area contributed by atoms with Crippen molar-refractivity contribution in [2.75, 3.05) is 0 Å². The lowest BCUT2D eigenvalue weighted by Gasteiger charge is -2.46. The molecule has 0 saturated heterocycles. The number of phenolic OH excluding ortho intramolecular Hbond substituents is 1. The first-order valence-electron chi connectivity index (χ1n) is 11.6. The number of nitrogens with two attached hydrogens (primary N) is 2. The summed E-state index contributed by atoms with van der Waals surface area (Å²) in [6.45, 7) is 1.91. The SMILES string of the molecule is Cc1cccc(-c2cc(CN)c(O)c3c2C[C@H]2C[C@H]4CC(=O)C(C(N)=O)=C(O)[C@@]4(O)C(=O)C2=C3O)c1. The van der Waals surface area contributed by atoms with Gasteiger partial charge in [0.25, 0.3) is 5.91 Å². The summed E-state index contributed by atoms with van der Waals surface area (Å²) in [5.74, 6) is -6.52. The van der Waals surface area contributed by atoms with Crippen LogP contribution in [0.3, 0.4) is 0 Å². The summed E-state index contributed by atoms with van der Waals surface area (Å²) >= 11 is 0. The van der Waals surface area contributed by atoms with E-state index in [9.17, 15) is 34.8 Å². The molecule has 9 nitrogen and oxygen atoms in total. The molecule has 0 bridgehead atoms. The number of fused-ring (bicyclic) bond motifs is 3. The Kier molecular flexibility index (Phi) is 5.31. The van der Waals surface area contributed by atoms with Gasteiger partial charge in [0, 0.05) is 30.0 Å². The van der Waals surface area contributed by atoms with Crippen LogP contribution in [0, 0.1) is 18.8 Å². The van der Waals surface area contributed by atoms with Crippen molar-refractivity contribution >= 4 is 23.2 Å². The van der Waals surface area contributed by atoms with E-state index in [2.05, 4.69) is 0 Å². The lowest BCUT2D eigenvalue weighted by molar-refractivity contribution is -0.147. The summed E-state index contributed by atoms with van der Waals surface area (Å²) in [5, 5.41) is 44.4. The second-order valence-corrected chi connectivity index (χ2v) is 9.77. The van der Waals surface area contributed by atoms with E-state index in [0.29, 0.717) is 11.1 Å². The number of primary amides is 1. The number of benzene rings is 2. The molecule has 3 aliphatic rings. The highest BCUT2D eigenvalue weighted by Crippen LogP contribution is 2.53. The standard InChI is InChI=1S/C27H26N2O7/c1-11-3-2-4-12(5-11)16-8-14(10-28)22(31)20-17(16)7-13-6-15-9-18(30)21(26(29)35)25(34)27(15,36)24(33)19(13)23(20)32/h2-5,8,13,15,31-32,34,36H,6-7,9-10,28H2,1H3,(H2,29,35)/t13-,15+,27+/m1/s1. The molecule has 0 radical (unpaired) electrons. The number of hydrogen-bond acceptors (Lipinski definition) is 8. The molecule has 5 rings (SSSR count). The Morgan fingerprint density at radius 3 is 2.50 bits per heavy atom. The van der Waals surface area contributed by atoms with Crippen molar-refractivity contribution in [3.63, 3.8) is 0 Å². The Bertz CT molecular complexity index is 1440. The number of Topliss-reactive ketones (excluding diaryl/α,β-unsaturated/α-hetero) is 2. The number of aliphatic hydroxyl groups is 3. The van der Waals surface area contributed by atoms with Crippen LogP contribution in [0.4, 0.5) is 0 Å². The zero-order chi connectivity index (χ0) is 26.1. The van der Waals surface area contributed by atoms with E-state index in [1.165, 1.54) is 0 Å². The summed E-state index contributed by atoms with van der Waals surface area (Å²) < 4.78 is 0. The van der Waals surface area contributed by atoms with Crippen molar-refractivity contribution in [3.8, 4) is 16.9 Å². The molecular formula is C27H26N2O7. The summed E-state index contributed by atoms with van der Waals surface area (Å²) in [6, 6.07) is 9.45. The molecule has 186 valence electrons. The fourth-order valence-corrected chi connectivity index (χ4v) is 5.97. The Balaban J connectivity index is 1.76. The monoisotopic (exact) mass is 490 g/mol. The minimum absolute atomic E-state index is 0.0302. The van der Waals surface area contributed by atoms with Crippen LogP contribution < -0.4 is 11.5 Å². The minimum Gasteiger partial charge on any atom is -0.508 e. The third-order valence-corrected chi connectivity index (χ3v) is 7.69. The van der Waals surface area contributed by atoms with Gasteiger partial charge in [-0.05, 0) is 48.4 Å². The van der Waals surface area contributed by atoms with Gasteiger partial charge in [0.15, 0.2) is 11.4 Å². The predicted octanol–water partition coefficient (Wildman–Crippen LogP) is 1.86. The number of aromatic hydroxyl groups is 1. The Morgan fingerprint density at radius 1 is 1.14 bits per heavy atom. The number of ketones is 2. The summed E-state index contributed by atoms with van der Waals surface area (Å²) in [6.07, 6.45) is -0.0459. The maximum absolute atomic E-state index is 13.7. The van der Waals surface area contributed by atoms with Crippen LogP contribution >= 0.6 is 0 Å². The molecule has 1 fully saturated rings. The number of carbonyl (C=O) groups excluding carboxylic acids is 3. The van der Waals surface area contributed by atoms with E-state index < -0.39 is 52.0 Å². The van der Waals surface area contributed by atoms with Crippen LogP contribution in [-0.2, 0) is 27.3 Å². The third-order valence-electron chi connectivity index (χ3n) is 7.69. The molecule has 2 aromatic rings. The first-order chi connectivity index (χ1) is 17.0. The zero-order valence-electron chi connectivity index (χ0n) is 19.5. The fourth-order valence-electron chi connectivity index (χ4n) is 5.97. The van der Waals surface area contributed by atoms with E-state index in [4.69, 9.17) is 11.5 Å². The van der Waals surface area contributed by atoms with E-state index in [-0.39, 0.29) is 42.7 Å². The molecule has 9 heteroatoms. The molecule has 3 aliphatic carbocycles. The minimum atomic E-state index is -2.59. The van der Waals surface area contributed by atoms with E-state index in [1.807, 2.05) is 31.2 Å². The van der Waals surface area contributed by atoms with Crippen molar-refractivity contribution in [2.24, 2.45) is 23.3 Å². The highest BCUT2D eigenvalue weighted by molar-refractivity contribution is 6.22. The number of hydrogen-bond donors (Lipinski definition) is 6. The summed E-state index contributed by atoms with van der Waals surface area (Å²) in [4.78, 5) is 37.9. The number of rotatable bonds is 3. The Morgan fingerprint density at radius 2 is 1.86 bits per heavy atom. The molecule has 1 amide bonds. The van der Waals surface area contributed by atoms with Gasteiger partial charge in [-0.25, -0.2) is 0 Å². The highest BCUT2D eigenvalue weighted by atomic mass is 16.3. The third kappa shape index (κ3) is 3.13. The van der Waals surface area contributed by atoms with E-state index in [1.54, 1.807) is 6.07 Å². The topological polar surface area (TPSA) is 184 Å². The number of amides is 1. The van der Waals surface area contributed by atoms with E-state index in [0.717, 1.165) is 16.7 Å². The second kappa shape index (κ2) is 8.04. The smallest absolute Gasteiger partial charge is 0.255 e. The van der Waals surface area contributed by atoms with Gasteiger partial charge < -0.3 is 31.9 Å². The molecule has 0 aliphatic heterocycles. The van der Waals surface area contributed by atoms with Crippen molar-refractivity contribution in [3.05, 3.63) is 69.5 Å². The molecule has 2 aromatic carbocycles. The largest absolute Gasteiger partial charge is 0.508 e.